The highest BCUT2D eigenvalue weighted by Crippen LogP contribution is 2.12. The first-order valence-corrected chi connectivity index (χ1v) is 6.63. The van der Waals surface area contributed by atoms with E-state index in [-0.39, 0.29) is 5.60 Å². The largest absolute Gasteiger partial charge is 0.373 e. The Labute approximate surface area is 106 Å². The Morgan fingerprint density at radius 1 is 1.38 bits per heavy atom. The number of thiazole rings is 1. The summed E-state index contributed by atoms with van der Waals surface area (Å²) in [5, 5.41) is 2.92. The van der Waals surface area contributed by atoms with Gasteiger partial charge in [-0.15, -0.1) is 22.9 Å². The van der Waals surface area contributed by atoms with E-state index in [1.54, 1.807) is 11.3 Å². The lowest BCUT2D eigenvalue weighted by atomic mass is 10.2. The van der Waals surface area contributed by atoms with E-state index in [9.17, 15) is 0 Å². The number of hydrogen-bond donors (Lipinski definition) is 0. The summed E-state index contributed by atoms with van der Waals surface area (Å²) in [6, 6.07) is 0. The van der Waals surface area contributed by atoms with Crippen LogP contribution in [-0.4, -0.2) is 23.8 Å². The first-order chi connectivity index (χ1) is 7.51. The molecular weight excluding hydrogens is 246 g/mol. The van der Waals surface area contributed by atoms with E-state index in [1.165, 1.54) is 0 Å². The van der Waals surface area contributed by atoms with E-state index in [4.69, 9.17) is 21.1 Å². The highest BCUT2D eigenvalue weighted by Gasteiger charge is 2.09. The maximum atomic E-state index is 5.66. The van der Waals surface area contributed by atoms with Crippen LogP contribution >= 0.6 is 22.9 Å². The molecule has 3 nitrogen and oxygen atoms in total. The van der Waals surface area contributed by atoms with Crippen molar-refractivity contribution < 1.29 is 9.47 Å². The van der Waals surface area contributed by atoms with Crippen molar-refractivity contribution in [3.05, 3.63) is 16.1 Å². The number of alkyl halides is 1. The Kier molecular flexibility index (Phi) is 5.69. The summed E-state index contributed by atoms with van der Waals surface area (Å²) >= 11 is 7.23. The predicted octanol–water partition coefficient (Wildman–Crippen LogP) is 3.21. The van der Waals surface area contributed by atoms with Crippen LogP contribution in [0.2, 0.25) is 0 Å². The number of nitrogens with zero attached hydrogens (tertiary/aromatic N) is 1. The third kappa shape index (κ3) is 5.80. The average Bonchev–Trinajstić information content (AvgIpc) is 2.63. The van der Waals surface area contributed by atoms with Crippen LogP contribution in [0.25, 0.3) is 0 Å². The van der Waals surface area contributed by atoms with Gasteiger partial charge in [0.25, 0.3) is 0 Å². The van der Waals surface area contributed by atoms with Crippen molar-refractivity contribution in [1.82, 2.24) is 4.98 Å². The smallest absolute Gasteiger partial charge is 0.119 e. The Hall–Kier alpha value is -0.160. The van der Waals surface area contributed by atoms with Gasteiger partial charge in [0.05, 0.1) is 37.0 Å². The van der Waals surface area contributed by atoms with Crippen molar-refractivity contribution in [1.29, 1.82) is 0 Å². The summed E-state index contributed by atoms with van der Waals surface area (Å²) in [6.45, 7) is 7.82. The van der Waals surface area contributed by atoms with Crippen LogP contribution in [-0.2, 0) is 22.0 Å². The maximum absolute atomic E-state index is 5.66. The summed E-state index contributed by atoms with van der Waals surface area (Å²) < 4.78 is 11.0. The summed E-state index contributed by atoms with van der Waals surface area (Å²) in [5.41, 5.74) is 0.812. The molecule has 0 bridgehead atoms. The quantitative estimate of drug-likeness (QED) is 0.583. The molecule has 0 fully saturated rings. The molecule has 0 N–H and O–H groups in total. The standard InChI is InChI=1S/C11H18ClNO2S/c1-11(2,3)15-5-4-14-7-10-13-9(6-12)8-16-10/h8H,4-7H2,1-3H3. The lowest BCUT2D eigenvalue weighted by Gasteiger charge is -2.19. The molecule has 0 unspecified atom stereocenters. The van der Waals surface area contributed by atoms with Crippen LogP contribution in [0, 0.1) is 0 Å². The van der Waals surface area contributed by atoms with Crippen LogP contribution in [0.5, 0.6) is 0 Å². The SMILES string of the molecule is CC(C)(C)OCCOCc1nc(CCl)cs1. The molecule has 16 heavy (non-hydrogen) atoms. The minimum Gasteiger partial charge on any atom is -0.373 e. The maximum Gasteiger partial charge on any atom is 0.119 e. The highest BCUT2D eigenvalue weighted by atomic mass is 35.5. The van der Waals surface area contributed by atoms with Crippen molar-refractivity contribution in [3.8, 4) is 0 Å². The normalized spacial score (nSPS) is 12.0. The molecule has 5 heteroatoms. The van der Waals surface area contributed by atoms with Gasteiger partial charge in [0.15, 0.2) is 0 Å². The second-order valence-corrected chi connectivity index (χ2v) is 5.59. The minimum atomic E-state index is -0.101. The Morgan fingerprint density at radius 3 is 2.69 bits per heavy atom. The molecule has 0 aromatic carbocycles. The van der Waals surface area contributed by atoms with Gasteiger partial charge in [-0.2, -0.15) is 0 Å². The monoisotopic (exact) mass is 263 g/mol. The van der Waals surface area contributed by atoms with E-state index >= 15 is 0 Å². The number of rotatable bonds is 6. The zero-order chi connectivity index (χ0) is 12.0. The fraction of sp³-hybridized carbons (Fsp3) is 0.727. The van der Waals surface area contributed by atoms with E-state index in [0.717, 1.165) is 10.7 Å². The van der Waals surface area contributed by atoms with Gasteiger partial charge in [0.2, 0.25) is 0 Å². The third-order valence-corrected chi connectivity index (χ3v) is 2.87. The molecule has 1 heterocycles. The molecule has 1 aromatic rings. The predicted molar refractivity (Wildman–Crippen MR) is 67.0 cm³/mol. The van der Waals surface area contributed by atoms with Crippen LogP contribution in [0.3, 0.4) is 0 Å². The highest BCUT2D eigenvalue weighted by molar-refractivity contribution is 7.09. The summed E-state index contributed by atoms with van der Waals surface area (Å²) in [6.07, 6.45) is 0. The number of ether oxygens (including phenoxy) is 2. The summed E-state index contributed by atoms with van der Waals surface area (Å²) in [7, 11) is 0. The van der Waals surface area contributed by atoms with Crippen molar-refractivity contribution >= 4 is 22.9 Å². The lowest BCUT2D eigenvalue weighted by Crippen LogP contribution is -2.21. The first kappa shape index (κ1) is 13.9. The van der Waals surface area contributed by atoms with E-state index in [1.807, 2.05) is 26.2 Å². The molecule has 1 aromatic heterocycles. The van der Waals surface area contributed by atoms with Crippen molar-refractivity contribution in [2.24, 2.45) is 0 Å². The molecule has 0 saturated heterocycles. The second-order valence-electron chi connectivity index (χ2n) is 4.38. The molecule has 0 aliphatic rings. The molecular formula is C11H18ClNO2S. The van der Waals surface area contributed by atoms with Gasteiger partial charge < -0.3 is 9.47 Å². The third-order valence-electron chi connectivity index (χ3n) is 1.72. The fourth-order valence-electron chi connectivity index (χ4n) is 1.04. The zero-order valence-electron chi connectivity index (χ0n) is 9.96. The average molecular weight is 264 g/mol. The van der Waals surface area contributed by atoms with E-state index < -0.39 is 0 Å². The summed E-state index contributed by atoms with van der Waals surface area (Å²) in [5.74, 6) is 0.462. The Bertz CT molecular complexity index is 309. The van der Waals surface area contributed by atoms with E-state index in [2.05, 4.69) is 4.98 Å². The van der Waals surface area contributed by atoms with Crippen LogP contribution < -0.4 is 0 Å². The lowest BCUT2D eigenvalue weighted by molar-refractivity contribution is -0.0377. The number of aromatic nitrogens is 1. The molecule has 92 valence electrons. The van der Waals surface area contributed by atoms with Crippen LogP contribution in [0.4, 0.5) is 0 Å². The molecule has 0 saturated carbocycles. The number of hydrogen-bond acceptors (Lipinski definition) is 4. The molecule has 1 rings (SSSR count). The Balaban J connectivity index is 2.11. The number of halogens is 1. The van der Waals surface area contributed by atoms with Crippen molar-refractivity contribution in [2.75, 3.05) is 13.2 Å². The molecule has 0 radical (unpaired) electrons. The molecule has 0 aliphatic heterocycles. The second kappa shape index (κ2) is 6.55. The first-order valence-electron chi connectivity index (χ1n) is 5.22. The van der Waals surface area contributed by atoms with Gasteiger partial charge in [-0.1, -0.05) is 0 Å². The van der Waals surface area contributed by atoms with Crippen molar-refractivity contribution in [3.63, 3.8) is 0 Å². The van der Waals surface area contributed by atoms with E-state index in [0.29, 0.717) is 25.7 Å². The zero-order valence-corrected chi connectivity index (χ0v) is 11.5. The Morgan fingerprint density at radius 2 is 2.12 bits per heavy atom. The van der Waals surface area contributed by atoms with Crippen LogP contribution in [0.15, 0.2) is 5.38 Å². The molecule has 0 spiro atoms. The van der Waals surface area contributed by atoms with Crippen molar-refractivity contribution in [2.45, 2.75) is 38.9 Å². The van der Waals surface area contributed by atoms with Gasteiger partial charge >= 0.3 is 0 Å². The molecule has 0 aliphatic carbocycles. The van der Waals surface area contributed by atoms with Gasteiger partial charge in [0, 0.05) is 5.38 Å². The fourth-order valence-corrected chi connectivity index (χ4v) is 2.00. The molecule has 0 atom stereocenters. The molecule has 0 amide bonds. The minimum absolute atomic E-state index is 0.101. The van der Waals surface area contributed by atoms with Gasteiger partial charge in [-0.3, -0.25) is 0 Å². The van der Waals surface area contributed by atoms with Crippen LogP contribution in [0.1, 0.15) is 31.5 Å². The van der Waals surface area contributed by atoms with Gasteiger partial charge in [-0.05, 0) is 20.8 Å². The van der Waals surface area contributed by atoms with Gasteiger partial charge in [-0.25, -0.2) is 4.98 Å². The topological polar surface area (TPSA) is 31.4 Å². The van der Waals surface area contributed by atoms with Gasteiger partial charge in [0.1, 0.15) is 5.01 Å². The summed E-state index contributed by atoms with van der Waals surface area (Å²) in [4.78, 5) is 4.30.